The van der Waals surface area contributed by atoms with E-state index >= 15 is 0 Å². The molecule has 0 amide bonds. The molecule has 120 valence electrons. The average Bonchev–Trinajstić information content (AvgIpc) is 2.49. The molecular weight excluding hydrogens is 302 g/mol. The minimum absolute atomic E-state index is 0.00265. The van der Waals surface area contributed by atoms with Crippen LogP contribution in [-0.2, 0) is 0 Å². The molecule has 1 aromatic rings. The number of hydrogen-bond donors (Lipinski definition) is 2. The van der Waals surface area contributed by atoms with Crippen molar-refractivity contribution in [3.63, 3.8) is 0 Å². The normalized spacial score (nSPS) is 21.0. The Bertz CT molecular complexity index is 565. The number of benzene rings is 1. The van der Waals surface area contributed by atoms with Crippen LogP contribution in [0.1, 0.15) is 32.6 Å². The molecule has 0 heterocycles. The van der Waals surface area contributed by atoms with Gasteiger partial charge in [0.15, 0.2) is 5.11 Å². The number of ether oxygens (including phenoxy) is 1. The number of nitrogens with zero attached hydrogens (tertiary/aromatic N) is 1. The second kappa shape index (κ2) is 7.40. The standard InChI is InChI=1S/C15H21N3O3S/c1-10-5-3-4-6-12(10)16-15(22)17-13-9-11(18(19)20)7-8-14(13)21-2/h7-10,12H,3-6H2,1-2H3,(H2,16,17,22)/t10-,12+/m0/s1. The van der Waals surface area contributed by atoms with E-state index < -0.39 is 4.92 Å². The molecule has 0 aromatic heterocycles. The van der Waals surface area contributed by atoms with Crippen LogP contribution in [0.15, 0.2) is 18.2 Å². The fourth-order valence-electron chi connectivity index (χ4n) is 2.76. The summed E-state index contributed by atoms with van der Waals surface area (Å²) in [4.78, 5) is 10.4. The highest BCUT2D eigenvalue weighted by Gasteiger charge is 2.22. The van der Waals surface area contributed by atoms with Gasteiger partial charge >= 0.3 is 0 Å². The van der Waals surface area contributed by atoms with Crippen molar-refractivity contribution in [3.05, 3.63) is 28.3 Å². The third-order valence-electron chi connectivity index (χ3n) is 4.07. The Morgan fingerprint density at radius 1 is 1.41 bits per heavy atom. The zero-order chi connectivity index (χ0) is 16.1. The Kier molecular flexibility index (Phi) is 5.54. The van der Waals surface area contributed by atoms with Crippen LogP contribution in [0.3, 0.4) is 0 Å². The van der Waals surface area contributed by atoms with Crippen LogP contribution in [-0.4, -0.2) is 23.2 Å². The van der Waals surface area contributed by atoms with Gasteiger partial charge in [-0.3, -0.25) is 10.1 Å². The molecule has 0 unspecified atom stereocenters. The highest BCUT2D eigenvalue weighted by molar-refractivity contribution is 7.80. The van der Waals surface area contributed by atoms with E-state index in [1.165, 1.54) is 38.5 Å². The summed E-state index contributed by atoms with van der Waals surface area (Å²) in [7, 11) is 1.52. The lowest BCUT2D eigenvalue weighted by atomic mass is 9.86. The van der Waals surface area contributed by atoms with Crippen LogP contribution in [0.4, 0.5) is 11.4 Å². The van der Waals surface area contributed by atoms with Gasteiger partial charge in [-0.1, -0.05) is 19.8 Å². The van der Waals surface area contributed by atoms with Gasteiger partial charge in [-0.05, 0) is 37.0 Å². The van der Waals surface area contributed by atoms with Crippen LogP contribution in [0.25, 0.3) is 0 Å². The Labute approximate surface area is 135 Å². The third-order valence-corrected chi connectivity index (χ3v) is 4.29. The van der Waals surface area contributed by atoms with Crippen LogP contribution in [0, 0.1) is 16.0 Å². The first kappa shape index (κ1) is 16.5. The fourth-order valence-corrected chi connectivity index (χ4v) is 3.03. The molecule has 0 spiro atoms. The Hall–Kier alpha value is -1.89. The Balaban J connectivity index is 2.06. The predicted octanol–water partition coefficient (Wildman–Crippen LogP) is 3.47. The number of rotatable bonds is 4. The maximum atomic E-state index is 10.9. The van der Waals surface area contributed by atoms with Crippen molar-refractivity contribution in [2.75, 3.05) is 12.4 Å². The van der Waals surface area contributed by atoms with E-state index in [0.29, 0.717) is 28.5 Å². The number of non-ortho nitro benzene ring substituents is 1. The van der Waals surface area contributed by atoms with Gasteiger partial charge in [0.1, 0.15) is 5.75 Å². The summed E-state index contributed by atoms with van der Waals surface area (Å²) in [6, 6.07) is 4.74. The SMILES string of the molecule is COc1ccc([N+](=O)[O-])cc1NC(=S)N[C@@H]1CCCC[C@@H]1C. The number of anilines is 1. The lowest BCUT2D eigenvalue weighted by Crippen LogP contribution is -2.43. The number of thiocarbonyl (C=S) groups is 1. The quantitative estimate of drug-likeness (QED) is 0.502. The van der Waals surface area contributed by atoms with Crippen molar-refractivity contribution in [2.45, 2.75) is 38.6 Å². The minimum Gasteiger partial charge on any atom is -0.495 e. The maximum absolute atomic E-state index is 10.9. The van der Waals surface area contributed by atoms with Crippen LogP contribution in [0.2, 0.25) is 0 Å². The summed E-state index contributed by atoms with van der Waals surface area (Å²) in [5, 5.41) is 17.7. The summed E-state index contributed by atoms with van der Waals surface area (Å²) in [6.07, 6.45) is 4.75. The van der Waals surface area contributed by atoms with Crippen molar-refractivity contribution in [3.8, 4) is 5.75 Å². The van der Waals surface area contributed by atoms with Gasteiger partial charge in [0, 0.05) is 18.2 Å². The monoisotopic (exact) mass is 323 g/mol. The van der Waals surface area contributed by atoms with Gasteiger partial charge in [0.25, 0.3) is 5.69 Å². The molecule has 1 aliphatic carbocycles. The maximum Gasteiger partial charge on any atom is 0.271 e. The van der Waals surface area contributed by atoms with Crippen molar-refractivity contribution >= 4 is 28.7 Å². The first-order valence-corrected chi connectivity index (χ1v) is 7.82. The fraction of sp³-hybridized carbons (Fsp3) is 0.533. The largest absolute Gasteiger partial charge is 0.495 e. The Morgan fingerprint density at radius 2 is 2.14 bits per heavy atom. The van der Waals surface area contributed by atoms with E-state index in [1.54, 1.807) is 6.07 Å². The molecule has 0 saturated heterocycles. The van der Waals surface area contributed by atoms with Gasteiger partial charge in [-0.25, -0.2) is 0 Å². The third kappa shape index (κ3) is 4.07. The first-order chi connectivity index (χ1) is 10.5. The van der Waals surface area contributed by atoms with Crippen molar-refractivity contribution in [1.82, 2.24) is 5.32 Å². The molecule has 2 N–H and O–H groups in total. The van der Waals surface area contributed by atoms with Crippen LogP contribution < -0.4 is 15.4 Å². The molecule has 22 heavy (non-hydrogen) atoms. The molecule has 1 saturated carbocycles. The lowest BCUT2D eigenvalue weighted by Gasteiger charge is -2.30. The van der Waals surface area contributed by atoms with E-state index in [2.05, 4.69) is 17.6 Å². The highest BCUT2D eigenvalue weighted by atomic mass is 32.1. The summed E-state index contributed by atoms with van der Waals surface area (Å²) in [6.45, 7) is 2.22. The van der Waals surface area contributed by atoms with Gasteiger partial charge in [-0.15, -0.1) is 0 Å². The van der Waals surface area contributed by atoms with Gasteiger partial charge in [0.2, 0.25) is 0 Å². The van der Waals surface area contributed by atoms with Crippen molar-refractivity contribution in [1.29, 1.82) is 0 Å². The summed E-state index contributed by atoms with van der Waals surface area (Å²) in [5.41, 5.74) is 0.495. The molecule has 0 radical (unpaired) electrons. The van der Waals surface area contributed by atoms with E-state index in [1.807, 2.05) is 0 Å². The second-order valence-corrected chi connectivity index (χ2v) is 6.02. The van der Waals surface area contributed by atoms with E-state index in [9.17, 15) is 10.1 Å². The topological polar surface area (TPSA) is 76.4 Å². The number of nitrogens with one attached hydrogen (secondary N) is 2. The summed E-state index contributed by atoms with van der Waals surface area (Å²) < 4.78 is 5.22. The number of methoxy groups -OCH3 is 1. The zero-order valence-corrected chi connectivity index (χ0v) is 13.6. The van der Waals surface area contributed by atoms with Crippen molar-refractivity contribution < 1.29 is 9.66 Å². The van der Waals surface area contributed by atoms with Gasteiger partial charge in [0.05, 0.1) is 17.7 Å². The molecular formula is C15H21N3O3S. The van der Waals surface area contributed by atoms with E-state index in [-0.39, 0.29) is 5.69 Å². The zero-order valence-electron chi connectivity index (χ0n) is 12.8. The molecule has 1 aliphatic rings. The number of nitro groups is 1. The number of hydrogen-bond acceptors (Lipinski definition) is 4. The van der Waals surface area contributed by atoms with Crippen LogP contribution >= 0.6 is 12.2 Å². The molecule has 2 atom stereocenters. The highest BCUT2D eigenvalue weighted by Crippen LogP contribution is 2.29. The Morgan fingerprint density at radius 3 is 2.77 bits per heavy atom. The molecule has 6 nitrogen and oxygen atoms in total. The predicted molar refractivity (Wildman–Crippen MR) is 90.4 cm³/mol. The molecule has 0 bridgehead atoms. The lowest BCUT2D eigenvalue weighted by molar-refractivity contribution is -0.384. The second-order valence-electron chi connectivity index (χ2n) is 5.61. The summed E-state index contributed by atoms with van der Waals surface area (Å²) in [5.74, 6) is 1.09. The van der Waals surface area contributed by atoms with E-state index in [4.69, 9.17) is 17.0 Å². The minimum atomic E-state index is -0.440. The molecule has 1 fully saturated rings. The van der Waals surface area contributed by atoms with Crippen molar-refractivity contribution in [2.24, 2.45) is 5.92 Å². The van der Waals surface area contributed by atoms with E-state index in [0.717, 1.165) is 6.42 Å². The first-order valence-electron chi connectivity index (χ1n) is 7.41. The number of nitro benzene ring substituents is 1. The molecule has 2 rings (SSSR count). The van der Waals surface area contributed by atoms with Gasteiger partial charge < -0.3 is 15.4 Å². The average molecular weight is 323 g/mol. The molecule has 1 aromatic carbocycles. The van der Waals surface area contributed by atoms with Crippen LogP contribution in [0.5, 0.6) is 5.75 Å². The van der Waals surface area contributed by atoms with Gasteiger partial charge in [-0.2, -0.15) is 0 Å². The molecule has 7 heteroatoms. The smallest absolute Gasteiger partial charge is 0.271 e. The molecule has 0 aliphatic heterocycles. The summed E-state index contributed by atoms with van der Waals surface area (Å²) >= 11 is 5.34.